The normalized spacial score (nSPS) is 12.2. The van der Waals surface area contributed by atoms with Crippen LogP contribution in [-0.4, -0.2) is 12.1 Å². The van der Waals surface area contributed by atoms with Gasteiger partial charge in [-0.15, -0.1) is 0 Å². The first-order valence-corrected chi connectivity index (χ1v) is 5.95. The van der Waals surface area contributed by atoms with Gasteiger partial charge in [-0.1, -0.05) is 23.7 Å². The predicted molar refractivity (Wildman–Crippen MR) is 71.4 cm³/mol. The Morgan fingerprint density at radius 2 is 2.16 bits per heavy atom. The van der Waals surface area contributed by atoms with Gasteiger partial charge in [0.2, 0.25) is 0 Å². The first-order chi connectivity index (χ1) is 9.19. The summed E-state index contributed by atoms with van der Waals surface area (Å²) >= 11 is 5.97. The summed E-state index contributed by atoms with van der Waals surface area (Å²) in [7, 11) is 1.53. The number of halogens is 2. The van der Waals surface area contributed by atoms with E-state index >= 15 is 0 Å². The Hall–Kier alpha value is -1.69. The highest BCUT2D eigenvalue weighted by Crippen LogP contribution is 2.32. The Morgan fingerprint density at radius 1 is 1.37 bits per heavy atom. The molecule has 2 aromatic rings. The standard InChI is InChI=1S/C13H13ClFN3O/c1-19-10-6-3-7-17-13(10)12(18-16)8-4-2-5-9(15)11(8)14/h2-7,12,18H,16H2,1H3. The number of nitrogens with zero attached hydrogens (tertiary/aromatic N) is 1. The molecular formula is C13H13ClFN3O. The molecule has 19 heavy (non-hydrogen) atoms. The number of rotatable bonds is 4. The van der Waals surface area contributed by atoms with Crippen molar-refractivity contribution in [3.05, 3.63) is 58.6 Å². The fourth-order valence-electron chi connectivity index (χ4n) is 1.85. The Bertz CT molecular complexity index is 580. The molecule has 1 heterocycles. The third-order valence-corrected chi connectivity index (χ3v) is 3.15. The number of pyridine rings is 1. The zero-order valence-electron chi connectivity index (χ0n) is 10.2. The highest BCUT2D eigenvalue weighted by Gasteiger charge is 2.22. The molecule has 1 unspecified atom stereocenters. The van der Waals surface area contributed by atoms with Crippen molar-refractivity contribution in [1.82, 2.24) is 10.4 Å². The second-order valence-electron chi connectivity index (χ2n) is 3.83. The van der Waals surface area contributed by atoms with Crippen molar-refractivity contribution in [1.29, 1.82) is 0 Å². The molecule has 0 aliphatic rings. The molecule has 1 aromatic carbocycles. The van der Waals surface area contributed by atoms with E-state index in [4.69, 9.17) is 22.2 Å². The van der Waals surface area contributed by atoms with E-state index in [0.29, 0.717) is 17.0 Å². The third-order valence-electron chi connectivity index (χ3n) is 2.75. The average Bonchev–Trinajstić information content (AvgIpc) is 2.45. The minimum atomic E-state index is -0.556. The SMILES string of the molecule is COc1cccnc1C(NN)c1cccc(F)c1Cl. The number of hydrogen-bond donors (Lipinski definition) is 2. The first-order valence-electron chi connectivity index (χ1n) is 5.58. The van der Waals surface area contributed by atoms with Gasteiger partial charge in [-0.25, -0.2) is 9.82 Å². The van der Waals surface area contributed by atoms with Gasteiger partial charge in [-0.3, -0.25) is 10.8 Å². The predicted octanol–water partition coefficient (Wildman–Crippen LogP) is 2.44. The number of benzene rings is 1. The fraction of sp³-hybridized carbons (Fsp3) is 0.154. The molecule has 100 valence electrons. The number of hydrazine groups is 1. The monoisotopic (exact) mass is 281 g/mol. The maximum absolute atomic E-state index is 13.5. The molecule has 0 fully saturated rings. The van der Waals surface area contributed by atoms with Crippen LogP contribution in [0.2, 0.25) is 5.02 Å². The first kappa shape index (κ1) is 13.7. The van der Waals surface area contributed by atoms with Gasteiger partial charge in [0.1, 0.15) is 17.3 Å². The van der Waals surface area contributed by atoms with Crippen molar-refractivity contribution in [3.63, 3.8) is 0 Å². The summed E-state index contributed by atoms with van der Waals surface area (Å²) in [5, 5.41) is 0.0122. The summed E-state index contributed by atoms with van der Waals surface area (Å²) < 4.78 is 18.7. The van der Waals surface area contributed by atoms with E-state index in [1.54, 1.807) is 30.5 Å². The molecule has 2 rings (SSSR count). The van der Waals surface area contributed by atoms with Gasteiger partial charge in [-0.05, 0) is 23.8 Å². The minimum Gasteiger partial charge on any atom is -0.495 e. The van der Waals surface area contributed by atoms with Gasteiger partial charge in [0.25, 0.3) is 0 Å². The zero-order valence-corrected chi connectivity index (χ0v) is 11.0. The van der Waals surface area contributed by atoms with Crippen LogP contribution in [-0.2, 0) is 0 Å². The van der Waals surface area contributed by atoms with E-state index in [2.05, 4.69) is 10.4 Å². The van der Waals surface area contributed by atoms with Crippen LogP contribution in [0.1, 0.15) is 17.3 Å². The van der Waals surface area contributed by atoms with Crippen LogP contribution in [0, 0.1) is 5.82 Å². The van der Waals surface area contributed by atoms with Gasteiger partial charge in [0, 0.05) is 6.20 Å². The van der Waals surface area contributed by atoms with Crippen molar-refractivity contribution in [3.8, 4) is 5.75 Å². The Kier molecular flexibility index (Phi) is 4.31. The molecular weight excluding hydrogens is 269 g/mol. The number of nitrogens with one attached hydrogen (secondary N) is 1. The second kappa shape index (κ2) is 5.97. The Balaban J connectivity index is 2.53. The summed E-state index contributed by atoms with van der Waals surface area (Å²) in [6.45, 7) is 0. The summed E-state index contributed by atoms with van der Waals surface area (Å²) in [5.41, 5.74) is 3.63. The average molecular weight is 282 g/mol. The van der Waals surface area contributed by atoms with E-state index in [1.807, 2.05) is 0 Å². The maximum atomic E-state index is 13.5. The molecule has 0 spiro atoms. The van der Waals surface area contributed by atoms with Gasteiger partial charge in [0.15, 0.2) is 0 Å². The highest BCUT2D eigenvalue weighted by molar-refractivity contribution is 6.31. The van der Waals surface area contributed by atoms with E-state index in [9.17, 15) is 4.39 Å². The minimum absolute atomic E-state index is 0.0122. The molecule has 3 N–H and O–H groups in total. The summed E-state index contributed by atoms with van der Waals surface area (Å²) in [5.74, 6) is 5.59. The van der Waals surface area contributed by atoms with Gasteiger partial charge in [0.05, 0.1) is 18.2 Å². The van der Waals surface area contributed by atoms with Crippen molar-refractivity contribution in [2.45, 2.75) is 6.04 Å². The largest absolute Gasteiger partial charge is 0.495 e. The van der Waals surface area contributed by atoms with Gasteiger partial charge in [-0.2, -0.15) is 0 Å². The summed E-state index contributed by atoms with van der Waals surface area (Å²) in [4.78, 5) is 4.22. The van der Waals surface area contributed by atoms with Crippen molar-refractivity contribution in [2.75, 3.05) is 7.11 Å². The maximum Gasteiger partial charge on any atom is 0.142 e. The molecule has 0 bridgehead atoms. The molecule has 1 aromatic heterocycles. The van der Waals surface area contributed by atoms with Crippen molar-refractivity contribution < 1.29 is 9.13 Å². The number of aromatic nitrogens is 1. The van der Waals surface area contributed by atoms with Crippen LogP contribution in [0.25, 0.3) is 0 Å². The smallest absolute Gasteiger partial charge is 0.142 e. The lowest BCUT2D eigenvalue weighted by molar-refractivity contribution is 0.400. The van der Waals surface area contributed by atoms with E-state index in [0.717, 1.165) is 0 Å². The summed E-state index contributed by atoms with van der Waals surface area (Å²) in [6.07, 6.45) is 1.61. The Labute approximate surface area is 115 Å². The van der Waals surface area contributed by atoms with E-state index < -0.39 is 11.9 Å². The van der Waals surface area contributed by atoms with E-state index in [1.165, 1.54) is 13.2 Å². The quantitative estimate of drug-likeness (QED) is 0.667. The molecule has 0 aliphatic heterocycles. The van der Waals surface area contributed by atoms with Crippen LogP contribution in [0.3, 0.4) is 0 Å². The van der Waals surface area contributed by atoms with Crippen molar-refractivity contribution >= 4 is 11.6 Å². The van der Waals surface area contributed by atoms with Crippen molar-refractivity contribution in [2.24, 2.45) is 5.84 Å². The van der Waals surface area contributed by atoms with E-state index in [-0.39, 0.29) is 5.02 Å². The van der Waals surface area contributed by atoms with Crippen LogP contribution in [0.4, 0.5) is 4.39 Å². The summed E-state index contributed by atoms with van der Waals surface area (Å²) in [6, 6.07) is 7.47. The lowest BCUT2D eigenvalue weighted by Crippen LogP contribution is -2.30. The number of methoxy groups -OCH3 is 1. The molecule has 0 radical (unpaired) electrons. The topological polar surface area (TPSA) is 60.2 Å². The van der Waals surface area contributed by atoms with Crippen LogP contribution >= 0.6 is 11.6 Å². The molecule has 0 aliphatic carbocycles. The number of ether oxygens (including phenoxy) is 1. The molecule has 0 saturated carbocycles. The van der Waals surface area contributed by atoms with Gasteiger partial charge >= 0.3 is 0 Å². The molecule has 1 atom stereocenters. The number of hydrogen-bond acceptors (Lipinski definition) is 4. The zero-order chi connectivity index (χ0) is 13.8. The van der Waals surface area contributed by atoms with Crippen LogP contribution in [0.5, 0.6) is 5.75 Å². The molecule has 4 nitrogen and oxygen atoms in total. The molecule has 0 saturated heterocycles. The lowest BCUT2D eigenvalue weighted by Gasteiger charge is -2.19. The Morgan fingerprint density at radius 3 is 2.84 bits per heavy atom. The molecule has 6 heteroatoms. The molecule has 0 amide bonds. The van der Waals surface area contributed by atoms with Gasteiger partial charge < -0.3 is 4.74 Å². The lowest BCUT2D eigenvalue weighted by atomic mass is 10.0. The fourth-order valence-corrected chi connectivity index (χ4v) is 2.09. The third kappa shape index (κ3) is 2.68. The highest BCUT2D eigenvalue weighted by atomic mass is 35.5. The second-order valence-corrected chi connectivity index (χ2v) is 4.21. The van der Waals surface area contributed by atoms with Crippen LogP contribution < -0.4 is 16.0 Å². The van der Waals surface area contributed by atoms with Crippen LogP contribution in [0.15, 0.2) is 36.5 Å². The number of nitrogens with two attached hydrogens (primary N) is 1.